The Balaban J connectivity index is 1.24. The van der Waals surface area contributed by atoms with E-state index in [0.29, 0.717) is 18.1 Å². The van der Waals surface area contributed by atoms with Crippen molar-refractivity contribution in [2.24, 2.45) is 11.8 Å². The molecule has 226 valence electrons. The maximum Gasteiger partial charge on any atom is 0.310 e. The second kappa shape index (κ2) is 11.5. The van der Waals surface area contributed by atoms with Crippen molar-refractivity contribution in [3.8, 4) is 28.7 Å². The van der Waals surface area contributed by atoms with Crippen molar-refractivity contribution in [1.29, 1.82) is 0 Å². The fraction of sp³-hybridized carbons (Fsp3) is 0.441. The number of aromatic hydroxyl groups is 1. The highest BCUT2D eigenvalue weighted by Crippen LogP contribution is 2.56. The first kappa shape index (κ1) is 27.7. The number of hydrogen-bond donors (Lipinski definition) is 2. The fourth-order valence-electron chi connectivity index (χ4n) is 7.26. The minimum atomic E-state index is -0.465. The summed E-state index contributed by atoms with van der Waals surface area (Å²) in [7, 11) is 2.99. The Bertz CT molecular complexity index is 1480. The van der Waals surface area contributed by atoms with Gasteiger partial charge in [0.2, 0.25) is 12.5 Å². The van der Waals surface area contributed by atoms with Crippen molar-refractivity contribution in [2.75, 3.05) is 52.6 Å². The van der Waals surface area contributed by atoms with Crippen LogP contribution < -0.4 is 24.3 Å². The van der Waals surface area contributed by atoms with Crippen LogP contribution in [0.5, 0.6) is 28.7 Å². The number of esters is 1. The lowest BCUT2D eigenvalue weighted by Gasteiger charge is -2.40. The summed E-state index contributed by atoms with van der Waals surface area (Å²) in [6, 6.07) is 16.0. The third-order valence-electron chi connectivity index (χ3n) is 9.49. The number of fused-ring (bicyclic) bond motifs is 3. The highest BCUT2D eigenvalue weighted by Gasteiger charge is 2.52. The SMILES string of the molecule is COc1cc([C@@H]2c3cc4c(cc3[C@@H](Nc3ccc(CCN5CCCCC5)cc3)[C@H]3COC(=O)[C@H]23)OCO4)cc(OC)c1O. The van der Waals surface area contributed by atoms with Crippen molar-refractivity contribution >= 4 is 11.7 Å². The Kier molecular flexibility index (Phi) is 7.43. The van der Waals surface area contributed by atoms with E-state index in [4.69, 9.17) is 23.7 Å². The highest BCUT2D eigenvalue weighted by atomic mass is 16.7. The minimum Gasteiger partial charge on any atom is -0.502 e. The first-order valence-electron chi connectivity index (χ1n) is 15.2. The molecular formula is C34H38N2O7. The second-order valence-electron chi connectivity index (χ2n) is 11.9. The molecule has 0 radical (unpaired) electrons. The molecule has 0 saturated carbocycles. The van der Waals surface area contributed by atoms with E-state index in [-0.39, 0.29) is 47.9 Å². The van der Waals surface area contributed by atoms with Gasteiger partial charge in [0.15, 0.2) is 23.0 Å². The molecule has 4 aliphatic rings. The molecule has 0 spiro atoms. The number of rotatable bonds is 8. The molecule has 0 amide bonds. The van der Waals surface area contributed by atoms with Crippen LogP contribution in [0.15, 0.2) is 48.5 Å². The Morgan fingerprint density at radius 1 is 0.907 bits per heavy atom. The van der Waals surface area contributed by atoms with Gasteiger partial charge in [-0.15, -0.1) is 0 Å². The van der Waals surface area contributed by atoms with Gasteiger partial charge >= 0.3 is 5.97 Å². The monoisotopic (exact) mass is 586 g/mol. The normalized spacial score (nSPS) is 24.2. The van der Waals surface area contributed by atoms with Gasteiger partial charge in [0.25, 0.3) is 0 Å². The fourth-order valence-corrected chi connectivity index (χ4v) is 7.26. The number of phenols is 1. The van der Waals surface area contributed by atoms with Gasteiger partial charge in [-0.25, -0.2) is 0 Å². The molecule has 2 N–H and O–H groups in total. The van der Waals surface area contributed by atoms with E-state index in [1.165, 1.54) is 52.1 Å². The number of carbonyl (C=O) groups excluding carboxylic acids is 1. The second-order valence-corrected chi connectivity index (χ2v) is 11.9. The predicted molar refractivity (Wildman–Crippen MR) is 160 cm³/mol. The molecule has 4 atom stereocenters. The molecule has 0 unspecified atom stereocenters. The zero-order chi connectivity index (χ0) is 29.5. The number of nitrogens with one attached hydrogen (secondary N) is 1. The van der Waals surface area contributed by atoms with Gasteiger partial charge in [-0.3, -0.25) is 4.79 Å². The average molecular weight is 587 g/mol. The van der Waals surface area contributed by atoms with Crippen LogP contribution in [0.1, 0.15) is 53.5 Å². The number of carbonyl (C=O) groups is 1. The summed E-state index contributed by atoms with van der Waals surface area (Å²) in [4.78, 5) is 16.0. The molecule has 3 aromatic carbocycles. The standard InChI is InChI=1S/C34H38N2O7/c1-39-28-14-21(15-29(40-2)33(28)37)30-23-16-26-27(43-19-42-26)17-24(23)32(25-18-41-34(38)31(25)30)35-22-8-6-20(7-9-22)10-13-36-11-4-3-5-12-36/h6-9,14-17,25,30-32,35,37H,3-5,10-13,18-19H2,1-2H3/t25-,30+,31-,32+/m0/s1. The van der Waals surface area contributed by atoms with E-state index in [1.807, 2.05) is 12.1 Å². The van der Waals surface area contributed by atoms with Gasteiger partial charge in [0.05, 0.1) is 32.8 Å². The zero-order valence-electron chi connectivity index (χ0n) is 24.6. The number of piperidine rings is 1. The third-order valence-corrected chi connectivity index (χ3v) is 9.49. The molecule has 7 rings (SSSR count). The topological polar surface area (TPSA) is 98.7 Å². The molecule has 3 heterocycles. The van der Waals surface area contributed by atoms with Gasteiger partial charge in [-0.2, -0.15) is 0 Å². The van der Waals surface area contributed by atoms with Crippen molar-refractivity contribution in [3.63, 3.8) is 0 Å². The van der Waals surface area contributed by atoms with Crippen LogP contribution in [0.4, 0.5) is 5.69 Å². The lowest BCUT2D eigenvalue weighted by molar-refractivity contribution is -0.141. The Labute approximate surface area is 251 Å². The van der Waals surface area contributed by atoms with Gasteiger partial charge in [-0.05, 0) is 91.0 Å². The summed E-state index contributed by atoms with van der Waals surface area (Å²) < 4.78 is 28.3. The number of anilines is 1. The number of cyclic esters (lactones) is 1. The van der Waals surface area contributed by atoms with Crippen molar-refractivity contribution < 1.29 is 33.6 Å². The lowest BCUT2D eigenvalue weighted by atomic mass is 9.65. The van der Waals surface area contributed by atoms with Crippen LogP contribution in [0.2, 0.25) is 0 Å². The quantitative estimate of drug-likeness (QED) is 0.343. The first-order chi connectivity index (χ1) is 21.0. The highest BCUT2D eigenvalue weighted by molar-refractivity contribution is 5.79. The summed E-state index contributed by atoms with van der Waals surface area (Å²) in [5, 5.41) is 14.4. The molecule has 1 aliphatic carbocycles. The number of methoxy groups -OCH3 is 2. The first-order valence-corrected chi connectivity index (χ1v) is 15.2. The maximum absolute atomic E-state index is 13.4. The third kappa shape index (κ3) is 5.09. The van der Waals surface area contributed by atoms with E-state index in [0.717, 1.165) is 35.3 Å². The largest absolute Gasteiger partial charge is 0.502 e. The van der Waals surface area contributed by atoms with Crippen LogP contribution in [0.3, 0.4) is 0 Å². The van der Waals surface area contributed by atoms with Crippen molar-refractivity contribution in [3.05, 3.63) is 70.8 Å². The van der Waals surface area contributed by atoms with Gasteiger partial charge < -0.3 is 39.0 Å². The van der Waals surface area contributed by atoms with Crippen LogP contribution in [-0.4, -0.2) is 63.2 Å². The molecule has 2 saturated heterocycles. The molecule has 0 bridgehead atoms. The molecule has 3 aromatic rings. The summed E-state index contributed by atoms with van der Waals surface area (Å²) in [6.45, 7) is 3.94. The molecule has 2 fully saturated rings. The maximum atomic E-state index is 13.4. The lowest BCUT2D eigenvalue weighted by Crippen LogP contribution is -2.37. The Hall–Kier alpha value is -4.11. The van der Waals surface area contributed by atoms with Crippen LogP contribution in [0.25, 0.3) is 0 Å². The summed E-state index contributed by atoms with van der Waals surface area (Å²) in [6.07, 6.45) is 4.98. The van der Waals surface area contributed by atoms with Crippen LogP contribution in [0, 0.1) is 11.8 Å². The zero-order valence-corrected chi connectivity index (χ0v) is 24.6. The van der Waals surface area contributed by atoms with Gasteiger partial charge in [-0.1, -0.05) is 18.6 Å². The number of nitrogens with zero attached hydrogens (tertiary/aromatic N) is 1. The smallest absolute Gasteiger partial charge is 0.310 e. The molecule has 9 heteroatoms. The number of hydrogen-bond acceptors (Lipinski definition) is 9. The van der Waals surface area contributed by atoms with Crippen LogP contribution in [-0.2, 0) is 16.0 Å². The van der Waals surface area contributed by atoms with E-state index < -0.39 is 5.92 Å². The van der Waals surface area contributed by atoms with Crippen molar-refractivity contribution in [2.45, 2.75) is 37.6 Å². The Morgan fingerprint density at radius 3 is 2.26 bits per heavy atom. The summed E-state index contributed by atoms with van der Waals surface area (Å²) in [5.41, 5.74) is 5.05. The number of benzene rings is 3. The number of phenolic OH excluding ortho intramolecular Hbond substituents is 1. The molecule has 3 aliphatic heterocycles. The molecule has 43 heavy (non-hydrogen) atoms. The molecule has 9 nitrogen and oxygen atoms in total. The van der Waals surface area contributed by atoms with E-state index >= 15 is 0 Å². The summed E-state index contributed by atoms with van der Waals surface area (Å²) in [5.74, 6) is 0.570. The average Bonchev–Trinajstić information content (AvgIpc) is 3.66. The molecule has 0 aromatic heterocycles. The Morgan fingerprint density at radius 2 is 1.58 bits per heavy atom. The van der Waals surface area contributed by atoms with Gasteiger partial charge in [0, 0.05) is 24.1 Å². The molecular weight excluding hydrogens is 548 g/mol. The number of ether oxygens (including phenoxy) is 5. The van der Waals surface area contributed by atoms with Crippen LogP contribution >= 0.6 is 0 Å². The van der Waals surface area contributed by atoms with E-state index in [1.54, 1.807) is 12.1 Å². The number of likely N-dealkylation sites (tertiary alicyclic amines) is 1. The minimum absolute atomic E-state index is 0.0834. The predicted octanol–water partition coefficient (Wildman–Crippen LogP) is 5.25. The summed E-state index contributed by atoms with van der Waals surface area (Å²) >= 11 is 0. The van der Waals surface area contributed by atoms with E-state index in [9.17, 15) is 9.90 Å². The van der Waals surface area contributed by atoms with Gasteiger partial charge in [0.1, 0.15) is 0 Å². The van der Waals surface area contributed by atoms with E-state index in [2.05, 4.69) is 34.5 Å². The van der Waals surface area contributed by atoms with Crippen molar-refractivity contribution in [1.82, 2.24) is 4.90 Å².